The highest BCUT2D eigenvalue weighted by Crippen LogP contribution is 2.27. The van der Waals surface area contributed by atoms with E-state index in [1.54, 1.807) is 0 Å². The van der Waals surface area contributed by atoms with Crippen LogP contribution in [0.4, 0.5) is 0 Å². The molecule has 1 atom stereocenters. The molecule has 0 heterocycles. The number of benzene rings is 1. The Balaban J connectivity index is 2.17. The highest BCUT2D eigenvalue weighted by atomic mass is 32.2. The van der Waals surface area contributed by atoms with E-state index in [-0.39, 0.29) is 0 Å². The Morgan fingerprint density at radius 3 is 2.53 bits per heavy atom. The first-order valence-corrected chi connectivity index (χ1v) is 7.20. The van der Waals surface area contributed by atoms with Gasteiger partial charge in [-0.1, -0.05) is 30.4 Å². The van der Waals surface area contributed by atoms with Gasteiger partial charge in [-0.25, -0.2) is 4.21 Å². The van der Waals surface area contributed by atoms with Crippen molar-refractivity contribution in [1.29, 1.82) is 0 Å². The summed E-state index contributed by atoms with van der Waals surface area (Å²) in [5.41, 5.74) is 2.38. The molecule has 0 N–H and O–H groups in total. The van der Waals surface area contributed by atoms with E-state index in [2.05, 4.69) is 12.7 Å². The molecule has 1 aromatic rings. The molecular weight excluding hydrogens is 228 g/mol. The Morgan fingerprint density at radius 1 is 1.24 bits per heavy atom. The van der Waals surface area contributed by atoms with Gasteiger partial charge in [-0.05, 0) is 50.3 Å². The molecule has 0 amide bonds. The van der Waals surface area contributed by atoms with Gasteiger partial charge in [0.15, 0.2) is 0 Å². The quantitative estimate of drug-likeness (QED) is 0.784. The van der Waals surface area contributed by atoms with Crippen molar-refractivity contribution in [3.8, 4) is 0 Å². The zero-order valence-electron chi connectivity index (χ0n) is 10.2. The summed E-state index contributed by atoms with van der Waals surface area (Å²) in [6.45, 7) is 6.04. The molecule has 0 bridgehead atoms. The van der Waals surface area contributed by atoms with Crippen LogP contribution in [-0.4, -0.2) is 4.21 Å². The van der Waals surface area contributed by atoms with Gasteiger partial charge in [0.2, 0.25) is 0 Å². The Morgan fingerprint density at radius 2 is 1.94 bits per heavy atom. The Hall–Kier alpha value is -1.15. The summed E-state index contributed by atoms with van der Waals surface area (Å²) in [7, 11) is -1.10. The fourth-order valence-electron chi connectivity index (χ4n) is 2.01. The lowest BCUT2D eigenvalue weighted by molar-refractivity contribution is 0.683. The lowest BCUT2D eigenvalue weighted by atomic mass is 10.00. The molecule has 1 unspecified atom stereocenters. The van der Waals surface area contributed by atoms with Gasteiger partial charge in [0, 0.05) is 9.80 Å². The summed E-state index contributed by atoms with van der Waals surface area (Å²) >= 11 is 0. The van der Waals surface area contributed by atoms with Gasteiger partial charge in [-0.2, -0.15) is 0 Å². The van der Waals surface area contributed by atoms with E-state index in [9.17, 15) is 4.21 Å². The van der Waals surface area contributed by atoms with Crippen molar-refractivity contribution in [1.82, 2.24) is 0 Å². The lowest BCUT2D eigenvalue weighted by Gasteiger charge is -2.14. The third-order valence-corrected chi connectivity index (χ3v) is 4.52. The summed E-state index contributed by atoms with van der Waals surface area (Å²) in [6, 6.07) is 7.85. The molecule has 1 aliphatic carbocycles. The maximum Gasteiger partial charge on any atom is 0.0846 e. The van der Waals surface area contributed by atoms with Crippen LogP contribution in [0.25, 0.3) is 0 Å². The smallest absolute Gasteiger partial charge is 0.0846 e. The summed E-state index contributed by atoms with van der Waals surface area (Å²) in [4.78, 5) is 1.64. The Kier molecular flexibility index (Phi) is 3.95. The third-order valence-electron chi connectivity index (χ3n) is 3.11. The fourth-order valence-corrected chi connectivity index (χ4v) is 3.11. The minimum absolute atomic E-state index is 0.786. The zero-order chi connectivity index (χ0) is 12.3. The predicted molar refractivity (Wildman–Crippen MR) is 73.3 cm³/mol. The SMILES string of the molecule is C=C(C1=CCCCC1)S(=O)c1ccc(C)cc1. The van der Waals surface area contributed by atoms with E-state index in [4.69, 9.17) is 0 Å². The Bertz CT molecular complexity index is 468. The van der Waals surface area contributed by atoms with E-state index >= 15 is 0 Å². The molecule has 0 saturated heterocycles. The normalized spacial score (nSPS) is 17.4. The van der Waals surface area contributed by atoms with Crippen LogP contribution < -0.4 is 0 Å². The summed E-state index contributed by atoms with van der Waals surface area (Å²) in [6.07, 6.45) is 6.75. The van der Waals surface area contributed by atoms with Crippen molar-refractivity contribution in [3.63, 3.8) is 0 Å². The molecule has 0 spiro atoms. The average molecular weight is 246 g/mol. The van der Waals surface area contributed by atoms with Crippen LogP contribution in [0.2, 0.25) is 0 Å². The standard InChI is InChI=1S/C15H18OS/c1-12-8-10-15(11-9-12)17(16)13(2)14-6-4-3-5-7-14/h6,8-11H,2-5,7H2,1H3. The van der Waals surface area contributed by atoms with Gasteiger partial charge in [-0.3, -0.25) is 0 Å². The van der Waals surface area contributed by atoms with Crippen LogP contribution in [0.15, 0.2) is 52.3 Å². The molecule has 1 aromatic carbocycles. The molecule has 1 nitrogen and oxygen atoms in total. The van der Waals surface area contributed by atoms with Crippen molar-refractivity contribution < 1.29 is 4.21 Å². The largest absolute Gasteiger partial charge is 0.249 e. The first kappa shape index (κ1) is 12.3. The van der Waals surface area contributed by atoms with Crippen LogP contribution in [0.1, 0.15) is 31.2 Å². The number of allylic oxidation sites excluding steroid dienone is 2. The van der Waals surface area contributed by atoms with Gasteiger partial charge in [0.05, 0.1) is 10.8 Å². The van der Waals surface area contributed by atoms with Gasteiger partial charge in [0.25, 0.3) is 0 Å². The third kappa shape index (κ3) is 2.95. The molecule has 17 heavy (non-hydrogen) atoms. The number of hydrogen-bond donors (Lipinski definition) is 0. The highest BCUT2D eigenvalue weighted by molar-refractivity contribution is 7.89. The predicted octanol–water partition coefficient (Wildman–Crippen LogP) is 4.12. The summed E-state index contributed by atoms with van der Waals surface area (Å²) < 4.78 is 12.3. The van der Waals surface area contributed by atoms with Gasteiger partial charge < -0.3 is 0 Å². The molecular formula is C15H18OS. The van der Waals surface area contributed by atoms with E-state index in [1.807, 2.05) is 31.2 Å². The van der Waals surface area contributed by atoms with Crippen LogP contribution in [0.3, 0.4) is 0 Å². The summed E-state index contributed by atoms with van der Waals surface area (Å²) in [5, 5.41) is 0. The van der Waals surface area contributed by atoms with Crippen molar-refractivity contribution >= 4 is 10.8 Å². The molecule has 90 valence electrons. The molecule has 1 aliphatic rings. The maximum absolute atomic E-state index is 12.3. The number of hydrogen-bond acceptors (Lipinski definition) is 1. The second-order valence-electron chi connectivity index (χ2n) is 4.48. The van der Waals surface area contributed by atoms with Crippen molar-refractivity contribution in [2.45, 2.75) is 37.5 Å². The molecule has 2 rings (SSSR count). The second kappa shape index (κ2) is 5.46. The molecule has 0 fully saturated rings. The minimum Gasteiger partial charge on any atom is -0.249 e. The van der Waals surface area contributed by atoms with Gasteiger partial charge >= 0.3 is 0 Å². The van der Waals surface area contributed by atoms with Crippen LogP contribution >= 0.6 is 0 Å². The van der Waals surface area contributed by atoms with Crippen LogP contribution in [0.5, 0.6) is 0 Å². The van der Waals surface area contributed by atoms with Gasteiger partial charge in [0.1, 0.15) is 0 Å². The fraction of sp³-hybridized carbons (Fsp3) is 0.333. The van der Waals surface area contributed by atoms with Crippen LogP contribution in [-0.2, 0) is 10.8 Å². The first-order valence-electron chi connectivity index (χ1n) is 6.05. The summed E-state index contributed by atoms with van der Waals surface area (Å²) in [5.74, 6) is 0. The van der Waals surface area contributed by atoms with Crippen molar-refractivity contribution in [2.24, 2.45) is 0 Å². The molecule has 0 aliphatic heterocycles. The second-order valence-corrected chi connectivity index (χ2v) is 5.98. The minimum atomic E-state index is -1.10. The zero-order valence-corrected chi connectivity index (χ0v) is 11.1. The van der Waals surface area contributed by atoms with E-state index in [0.717, 1.165) is 22.6 Å². The van der Waals surface area contributed by atoms with E-state index in [0.29, 0.717) is 0 Å². The molecule has 2 heteroatoms. The average Bonchev–Trinajstić information content (AvgIpc) is 2.39. The molecule has 0 radical (unpaired) electrons. The lowest BCUT2D eigenvalue weighted by Crippen LogP contribution is -2.01. The molecule has 0 aromatic heterocycles. The monoisotopic (exact) mass is 246 g/mol. The van der Waals surface area contributed by atoms with Crippen molar-refractivity contribution in [2.75, 3.05) is 0 Å². The van der Waals surface area contributed by atoms with Gasteiger partial charge in [-0.15, -0.1) is 0 Å². The first-order chi connectivity index (χ1) is 8.18. The van der Waals surface area contributed by atoms with E-state index in [1.165, 1.54) is 24.0 Å². The van der Waals surface area contributed by atoms with Crippen molar-refractivity contribution in [3.05, 3.63) is 53.0 Å². The van der Waals surface area contributed by atoms with Crippen LogP contribution in [0, 0.1) is 6.92 Å². The molecule has 0 saturated carbocycles. The topological polar surface area (TPSA) is 17.1 Å². The maximum atomic E-state index is 12.3. The number of rotatable bonds is 3. The highest BCUT2D eigenvalue weighted by Gasteiger charge is 2.14. The Labute approximate surface area is 106 Å². The van der Waals surface area contributed by atoms with E-state index < -0.39 is 10.8 Å². The number of aryl methyl sites for hydroxylation is 1.